The van der Waals surface area contributed by atoms with Crippen molar-refractivity contribution >= 4 is 5.91 Å². The fraction of sp³-hybridized carbons (Fsp3) is 0.588. The number of carbonyl (C=O) groups excluding carboxylic acids is 1. The van der Waals surface area contributed by atoms with Crippen LogP contribution < -0.4 is 15.4 Å². The van der Waals surface area contributed by atoms with Crippen LogP contribution in [0.3, 0.4) is 0 Å². The molecule has 1 heterocycles. The zero-order valence-electron chi connectivity index (χ0n) is 13.5. The fourth-order valence-electron chi connectivity index (χ4n) is 2.41. The third-order valence-corrected chi connectivity index (χ3v) is 4.04. The second kappa shape index (κ2) is 7.09. The first kappa shape index (κ1) is 16.7. The molecule has 5 heteroatoms. The van der Waals surface area contributed by atoms with Gasteiger partial charge in [-0.3, -0.25) is 4.79 Å². The van der Waals surface area contributed by atoms with Gasteiger partial charge in [-0.15, -0.1) is 0 Å². The lowest BCUT2D eigenvalue weighted by atomic mass is 9.86. The Bertz CT molecular complexity index is 508. The minimum atomic E-state index is -0.388. The van der Waals surface area contributed by atoms with Gasteiger partial charge in [0.15, 0.2) is 11.6 Å². The number of hydrogen-bond acceptors (Lipinski definition) is 3. The van der Waals surface area contributed by atoms with E-state index in [0.29, 0.717) is 0 Å². The van der Waals surface area contributed by atoms with Crippen LogP contribution in [0.2, 0.25) is 0 Å². The highest BCUT2D eigenvalue weighted by atomic mass is 19.1. The van der Waals surface area contributed by atoms with Crippen molar-refractivity contribution in [2.24, 2.45) is 11.3 Å². The molecule has 122 valence electrons. The minimum Gasteiger partial charge on any atom is -0.488 e. The lowest BCUT2D eigenvalue weighted by Gasteiger charge is -2.32. The maximum atomic E-state index is 13.6. The van der Waals surface area contributed by atoms with E-state index in [1.807, 2.05) is 20.8 Å². The van der Waals surface area contributed by atoms with Crippen LogP contribution in [0.1, 0.15) is 27.2 Å². The Morgan fingerprint density at radius 3 is 2.77 bits per heavy atom. The third-order valence-electron chi connectivity index (χ3n) is 4.04. The van der Waals surface area contributed by atoms with Crippen molar-refractivity contribution in [3.63, 3.8) is 0 Å². The second-order valence-corrected chi connectivity index (χ2v) is 6.86. The van der Waals surface area contributed by atoms with E-state index in [0.717, 1.165) is 19.5 Å². The van der Waals surface area contributed by atoms with E-state index in [4.69, 9.17) is 4.74 Å². The van der Waals surface area contributed by atoms with E-state index in [-0.39, 0.29) is 41.5 Å². The molecule has 22 heavy (non-hydrogen) atoms. The Hall–Kier alpha value is -1.62. The summed E-state index contributed by atoms with van der Waals surface area (Å²) in [6, 6.07) is 6.13. The number of nitrogens with one attached hydrogen (secondary N) is 2. The van der Waals surface area contributed by atoms with Crippen molar-refractivity contribution in [2.45, 2.75) is 33.2 Å². The molecule has 0 bridgehead atoms. The van der Waals surface area contributed by atoms with Crippen LogP contribution in [-0.2, 0) is 4.79 Å². The second-order valence-electron chi connectivity index (χ2n) is 6.86. The van der Waals surface area contributed by atoms with E-state index < -0.39 is 0 Å². The largest absolute Gasteiger partial charge is 0.488 e. The Morgan fingerprint density at radius 2 is 2.18 bits per heavy atom. The molecular formula is C17H25FN2O2. The first-order valence-corrected chi connectivity index (χ1v) is 7.76. The van der Waals surface area contributed by atoms with Crippen LogP contribution in [0.4, 0.5) is 4.39 Å². The number of amides is 1. The maximum absolute atomic E-state index is 13.6. The standard InChI is InChI=1S/C17H25FN2O2/c1-17(2,3)15(20-16(21)12-8-9-19-10-12)11-22-14-7-5-4-6-13(14)18/h4-7,12,15,19H,8-11H2,1-3H3,(H,20,21). The summed E-state index contributed by atoms with van der Waals surface area (Å²) in [6.45, 7) is 7.96. The molecule has 1 aliphatic heterocycles. The maximum Gasteiger partial charge on any atom is 0.224 e. The Kier molecular flexibility index (Phi) is 5.40. The van der Waals surface area contributed by atoms with Crippen molar-refractivity contribution in [2.75, 3.05) is 19.7 Å². The van der Waals surface area contributed by atoms with Crippen LogP contribution in [0.15, 0.2) is 24.3 Å². The van der Waals surface area contributed by atoms with Gasteiger partial charge >= 0.3 is 0 Å². The molecule has 1 aliphatic rings. The molecule has 0 radical (unpaired) electrons. The van der Waals surface area contributed by atoms with Crippen LogP contribution >= 0.6 is 0 Å². The smallest absolute Gasteiger partial charge is 0.224 e. The summed E-state index contributed by atoms with van der Waals surface area (Å²) in [5.41, 5.74) is -0.174. The summed E-state index contributed by atoms with van der Waals surface area (Å²) in [5, 5.41) is 6.25. The van der Waals surface area contributed by atoms with Gasteiger partial charge in [0.2, 0.25) is 5.91 Å². The van der Waals surface area contributed by atoms with Crippen molar-refractivity contribution in [3.8, 4) is 5.75 Å². The molecule has 0 aromatic heterocycles. The quantitative estimate of drug-likeness (QED) is 0.878. The van der Waals surface area contributed by atoms with Gasteiger partial charge in [0.25, 0.3) is 0 Å². The summed E-state index contributed by atoms with van der Waals surface area (Å²) < 4.78 is 19.2. The topological polar surface area (TPSA) is 50.4 Å². The molecular weight excluding hydrogens is 283 g/mol. The van der Waals surface area contributed by atoms with Gasteiger partial charge in [-0.1, -0.05) is 32.9 Å². The highest BCUT2D eigenvalue weighted by molar-refractivity contribution is 5.79. The first-order chi connectivity index (χ1) is 10.4. The molecule has 2 N–H and O–H groups in total. The van der Waals surface area contributed by atoms with Gasteiger partial charge in [-0.25, -0.2) is 4.39 Å². The van der Waals surface area contributed by atoms with E-state index >= 15 is 0 Å². The molecule has 0 aliphatic carbocycles. The Balaban J connectivity index is 1.97. The van der Waals surface area contributed by atoms with Gasteiger partial charge in [0.1, 0.15) is 6.61 Å². The predicted octanol–water partition coefficient (Wildman–Crippen LogP) is 2.34. The number of ether oxygens (including phenoxy) is 1. The molecule has 0 spiro atoms. The van der Waals surface area contributed by atoms with Crippen LogP contribution in [0, 0.1) is 17.2 Å². The molecule has 1 aromatic carbocycles. The van der Waals surface area contributed by atoms with Gasteiger partial charge in [0.05, 0.1) is 12.0 Å². The van der Waals surface area contributed by atoms with Crippen molar-refractivity contribution in [3.05, 3.63) is 30.1 Å². The molecule has 0 saturated carbocycles. The molecule has 2 atom stereocenters. The number of hydrogen-bond donors (Lipinski definition) is 2. The Morgan fingerprint density at radius 1 is 1.45 bits per heavy atom. The zero-order chi connectivity index (χ0) is 16.2. The number of rotatable bonds is 5. The van der Waals surface area contributed by atoms with Crippen molar-refractivity contribution < 1.29 is 13.9 Å². The van der Waals surface area contributed by atoms with Crippen LogP contribution in [-0.4, -0.2) is 31.6 Å². The summed E-state index contributed by atoms with van der Waals surface area (Å²) in [7, 11) is 0. The summed E-state index contributed by atoms with van der Waals surface area (Å²) in [4.78, 5) is 12.3. The van der Waals surface area contributed by atoms with E-state index in [2.05, 4.69) is 10.6 Å². The van der Waals surface area contributed by atoms with Gasteiger partial charge in [0, 0.05) is 6.54 Å². The molecule has 1 aromatic rings. The number of carbonyl (C=O) groups is 1. The molecule has 1 fully saturated rings. The predicted molar refractivity (Wildman–Crippen MR) is 84.3 cm³/mol. The average Bonchev–Trinajstić information content (AvgIpc) is 2.97. The van der Waals surface area contributed by atoms with E-state index in [1.54, 1.807) is 18.2 Å². The third kappa shape index (κ3) is 4.44. The molecule has 1 saturated heterocycles. The van der Waals surface area contributed by atoms with E-state index in [1.165, 1.54) is 6.07 Å². The summed E-state index contributed by atoms with van der Waals surface area (Å²) in [5.74, 6) is -0.115. The lowest BCUT2D eigenvalue weighted by molar-refractivity contribution is -0.126. The first-order valence-electron chi connectivity index (χ1n) is 7.76. The normalized spacial score (nSPS) is 19.7. The van der Waals surface area contributed by atoms with Crippen LogP contribution in [0.5, 0.6) is 5.75 Å². The van der Waals surface area contributed by atoms with Crippen LogP contribution in [0.25, 0.3) is 0 Å². The van der Waals surface area contributed by atoms with Gasteiger partial charge in [-0.2, -0.15) is 0 Å². The Labute approximate surface area is 131 Å². The lowest BCUT2D eigenvalue weighted by Crippen LogP contribution is -2.49. The highest BCUT2D eigenvalue weighted by Gasteiger charge is 2.31. The summed E-state index contributed by atoms with van der Waals surface area (Å²) >= 11 is 0. The molecule has 1 amide bonds. The van der Waals surface area contributed by atoms with E-state index in [9.17, 15) is 9.18 Å². The van der Waals surface area contributed by atoms with Crippen molar-refractivity contribution in [1.82, 2.24) is 10.6 Å². The van der Waals surface area contributed by atoms with Gasteiger partial charge < -0.3 is 15.4 Å². The number of benzene rings is 1. The molecule has 2 unspecified atom stereocenters. The van der Waals surface area contributed by atoms with Crippen molar-refractivity contribution in [1.29, 1.82) is 0 Å². The average molecular weight is 308 g/mol. The molecule has 4 nitrogen and oxygen atoms in total. The number of para-hydroxylation sites is 1. The SMILES string of the molecule is CC(C)(C)C(COc1ccccc1F)NC(=O)C1CCNC1. The monoisotopic (exact) mass is 308 g/mol. The molecule has 2 rings (SSSR count). The minimum absolute atomic E-state index is 0.0123. The number of halogens is 1. The zero-order valence-corrected chi connectivity index (χ0v) is 13.5. The van der Waals surface area contributed by atoms with Gasteiger partial charge in [-0.05, 0) is 30.5 Å². The summed E-state index contributed by atoms with van der Waals surface area (Å²) in [6.07, 6.45) is 0.858. The fourth-order valence-corrected chi connectivity index (χ4v) is 2.41. The highest BCUT2D eigenvalue weighted by Crippen LogP contribution is 2.23.